The molecule has 1 aromatic carbocycles. The molecule has 300 valence electrons. The smallest absolute Gasteiger partial charge is 0.292 e. The summed E-state index contributed by atoms with van der Waals surface area (Å²) in [7, 11) is 6.28. The van der Waals surface area contributed by atoms with Gasteiger partial charge in [-0.25, -0.2) is 15.0 Å². The van der Waals surface area contributed by atoms with Crippen molar-refractivity contribution in [3.63, 3.8) is 0 Å². The summed E-state index contributed by atoms with van der Waals surface area (Å²) in [6.07, 6.45) is 3.25. The number of aryl methyl sites for hydroxylation is 4. The maximum Gasteiger partial charge on any atom is 0.292 e. The summed E-state index contributed by atoms with van der Waals surface area (Å²) in [6.45, 7) is 0.726. The predicted octanol–water partition coefficient (Wildman–Crippen LogP) is 2.38. The summed E-state index contributed by atoms with van der Waals surface area (Å²) < 4.78 is 5.53. The molecule has 0 fully saturated rings. The Bertz CT molecular complexity index is 2290. The van der Waals surface area contributed by atoms with E-state index in [1.54, 1.807) is 56.5 Å². The first-order valence-corrected chi connectivity index (χ1v) is 18.4. The van der Waals surface area contributed by atoms with Gasteiger partial charge in [-0.2, -0.15) is 10.2 Å². The molecule has 5 rings (SSSR count). The molecule has 20 nitrogen and oxygen atoms in total. The molecule has 4 aromatic heterocycles. The van der Waals surface area contributed by atoms with Crippen LogP contribution in [0.5, 0.6) is 0 Å². The molecule has 0 radical (unpaired) electrons. The van der Waals surface area contributed by atoms with Crippen molar-refractivity contribution >= 4 is 81.7 Å². The Labute approximate surface area is 336 Å². The number of hydrogen-bond donors (Lipinski definition) is 6. The number of nitrogens with one attached hydrogen (secondary N) is 5. The fourth-order valence-corrected chi connectivity index (χ4v) is 6.03. The zero-order valence-electron chi connectivity index (χ0n) is 31.4. The Hall–Kier alpha value is -6.51. The van der Waals surface area contributed by atoms with Crippen LogP contribution in [0.25, 0.3) is 0 Å². The van der Waals surface area contributed by atoms with E-state index in [1.807, 2.05) is 0 Å². The third-order valence-electron chi connectivity index (χ3n) is 8.35. The molecule has 0 saturated carbocycles. The summed E-state index contributed by atoms with van der Waals surface area (Å²) >= 11 is 12.1. The summed E-state index contributed by atoms with van der Waals surface area (Å²) in [5.74, 6) is -2.01. The van der Waals surface area contributed by atoms with Gasteiger partial charge in [0.2, 0.25) is 5.82 Å². The third kappa shape index (κ3) is 10.0. The van der Waals surface area contributed by atoms with Crippen molar-refractivity contribution in [3.8, 4) is 0 Å². The van der Waals surface area contributed by atoms with Gasteiger partial charge in [0.15, 0.2) is 17.5 Å². The van der Waals surface area contributed by atoms with Crippen molar-refractivity contribution in [1.82, 2.24) is 44.0 Å². The number of amides is 5. The first-order valence-electron chi connectivity index (χ1n) is 17.3. The highest BCUT2D eigenvalue weighted by Crippen LogP contribution is 2.22. The quantitative estimate of drug-likeness (QED) is 0.0346. The van der Waals surface area contributed by atoms with Crippen molar-refractivity contribution in [2.75, 3.05) is 52.4 Å². The molecule has 57 heavy (non-hydrogen) atoms. The number of hydrazine groups is 1. The molecule has 5 amide bonds. The molecular weight excluding hydrogens is 781 g/mol. The second-order valence-corrected chi connectivity index (χ2v) is 13.3. The van der Waals surface area contributed by atoms with Crippen LogP contribution in [-0.2, 0) is 28.2 Å². The third-order valence-corrected chi connectivity index (χ3v) is 8.69. The van der Waals surface area contributed by atoms with Gasteiger partial charge in [0, 0.05) is 96.1 Å². The second-order valence-electron chi connectivity index (χ2n) is 12.5. The van der Waals surface area contributed by atoms with Crippen molar-refractivity contribution in [3.05, 3.63) is 89.4 Å². The number of amidine groups is 1. The lowest BCUT2D eigenvalue weighted by Gasteiger charge is -2.32. The average molecular weight is 823 g/mol. The van der Waals surface area contributed by atoms with E-state index in [9.17, 15) is 24.0 Å². The summed E-state index contributed by atoms with van der Waals surface area (Å²) in [6, 6.07) is 12.8. The average Bonchev–Trinajstić information content (AvgIpc) is 3.93. The van der Waals surface area contributed by atoms with Gasteiger partial charge in [-0.3, -0.25) is 38.7 Å². The lowest BCUT2D eigenvalue weighted by Crippen LogP contribution is -2.49. The Morgan fingerprint density at radius 3 is 1.93 bits per heavy atom. The fourth-order valence-electron chi connectivity index (χ4n) is 5.64. The van der Waals surface area contributed by atoms with Crippen molar-refractivity contribution in [2.24, 2.45) is 33.9 Å². The van der Waals surface area contributed by atoms with Crippen LogP contribution >= 0.6 is 23.2 Å². The molecule has 0 spiro atoms. The molecule has 0 atom stereocenters. The normalized spacial score (nSPS) is 11.0. The van der Waals surface area contributed by atoms with Crippen molar-refractivity contribution < 1.29 is 24.0 Å². The second kappa shape index (κ2) is 18.4. The van der Waals surface area contributed by atoms with Crippen LogP contribution < -0.4 is 32.0 Å². The van der Waals surface area contributed by atoms with E-state index >= 15 is 0 Å². The van der Waals surface area contributed by atoms with Gasteiger partial charge in [-0.15, -0.1) is 23.2 Å². The van der Waals surface area contributed by atoms with Gasteiger partial charge in [0.05, 0.1) is 11.5 Å². The highest BCUT2D eigenvalue weighted by molar-refractivity contribution is 6.18. The van der Waals surface area contributed by atoms with Gasteiger partial charge in [0.25, 0.3) is 29.5 Å². The zero-order valence-corrected chi connectivity index (χ0v) is 32.9. The number of halogens is 2. The Kier molecular flexibility index (Phi) is 13.5. The van der Waals surface area contributed by atoms with Gasteiger partial charge in [-0.05, 0) is 18.2 Å². The molecule has 5 aromatic rings. The van der Waals surface area contributed by atoms with E-state index < -0.39 is 29.5 Å². The number of nitrogens with two attached hydrogens (primary N) is 1. The van der Waals surface area contributed by atoms with Gasteiger partial charge >= 0.3 is 0 Å². The summed E-state index contributed by atoms with van der Waals surface area (Å²) in [4.78, 5) is 70.7. The predicted molar refractivity (Wildman–Crippen MR) is 214 cm³/mol. The van der Waals surface area contributed by atoms with Gasteiger partial charge in [0.1, 0.15) is 17.1 Å². The van der Waals surface area contributed by atoms with E-state index in [2.05, 4.69) is 36.4 Å². The van der Waals surface area contributed by atoms with Crippen LogP contribution in [0, 0.1) is 5.41 Å². The van der Waals surface area contributed by atoms with Crippen LogP contribution in [0.15, 0.2) is 60.9 Å². The molecule has 22 heteroatoms. The highest BCUT2D eigenvalue weighted by Gasteiger charge is 2.29. The Morgan fingerprint density at radius 1 is 0.754 bits per heavy atom. The Morgan fingerprint density at radius 2 is 1.33 bits per heavy atom. The monoisotopic (exact) mass is 821 g/mol. The molecule has 4 heterocycles. The van der Waals surface area contributed by atoms with E-state index in [4.69, 9.17) is 34.3 Å². The number of alkyl halides is 2. The van der Waals surface area contributed by atoms with Crippen LogP contribution in [0.4, 0.5) is 23.1 Å². The molecule has 0 bridgehead atoms. The van der Waals surface area contributed by atoms with E-state index in [0.717, 1.165) is 0 Å². The van der Waals surface area contributed by atoms with E-state index in [1.165, 1.54) is 61.1 Å². The minimum atomic E-state index is -0.658. The lowest BCUT2D eigenvalue weighted by molar-refractivity contribution is 0.0899. The number of carbonyl (C=O) groups is 5. The molecule has 0 aliphatic heterocycles. The maximum absolute atomic E-state index is 13.7. The molecular formula is C35H41Cl2N15O5. The van der Waals surface area contributed by atoms with Crippen LogP contribution in [-0.4, -0.2) is 105 Å². The number of hydrogen-bond acceptors (Lipinski definition) is 10. The first-order chi connectivity index (χ1) is 27.2. The summed E-state index contributed by atoms with van der Waals surface area (Å²) in [5, 5.41) is 29.4. The lowest BCUT2D eigenvalue weighted by atomic mass is 10.2. The highest BCUT2D eigenvalue weighted by atomic mass is 35.5. The zero-order chi connectivity index (χ0) is 41.4. The minimum Gasteiger partial charge on any atom is -0.388 e. The molecule has 0 unspecified atom stereocenters. The molecule has 7 N–H and O–H groups in total. The van der Waals surface area contributed by atoms with Gasteiger partial charge < -0.3 is 36.1 Å². The standard InChI is InChI=1S/C35H41Cl2N15O5/c1-47-19-22(16-23(47)32(54)42-27-17-24(49(3)45-27)31(53)40-13-10-26(38)39)41-33(55)25-18-28(46-50(25)4)43-34(56)30-44-29(20-48(30)2)52(51(14-11-36)15-12-37)35(57)21-8-6-5-7-9-21/h5-9,16-20H,10-15H2,1-4H3,(H3,38,39)(H,40,53)(H,41,55)(H,42,45,54)(H,43,46,56). The van der Waals surface area contributed by atoms with Crippen molar-refractivity contribution in [2.45, 2.75) is 6.42 Å². The molecule has 0 aliphatic rings. The minimum absolute atomic E-state index is 0.0471. The number of imidazole rings is 1. The van der Waals surface area contributed by atoms with Gasteiger partial charge in [-0.1, -0.05) is 18.2 Å². The molecule has 0 saturated heterocycles. The largest absolute Gasteiger partial charge is 0.388 e. The van der Waals surface area contributed by atoms with Crippen LogP contribution in [0.1, 0.15) is 58.9 Å². The maximum atomic E-state index is 13.7. The number of rotatable bonds is 17. The number of benzene rings is 1. The molecule has 0 aliphatic carbocycles. The topological polar surface area (TPSA) is 248 Å². The first kappa shape index (κ1) is 41.6. The number of carbonyl (C=O) groups excluding carboxylic acids is 5. The number of nitrogens with zero attached hydrogens (tertiary/aromatic N) is 9. The van der Waals surface area contributed by atoms with Crippen LogP contribution in [0.3, 0.4) is 0 Å². The Balaban J connectivity index is 1.26. The number of aromatic nitrogens is 7. The summed E-state index contributed by atoms with van der Waals surface area (Å²) in [5.41, 5.74) is 6.45. The fraction of sp³-hybridized carbons (Fsp3) is 0.286. The van der Waals surface area contributed by atoms with Crippen LogP contribution in [0.2, 0.25) is 0 Å². The van der Waals surface area contributed by atoms with E-state index in [-0.39, 0.29) is 84.0 Å². The van der Waals surface area contributed by atoms with Crippen molar-refractivity contribution in [1.29, 1.82) is 5.41 Å². The van der Waals surface area contributed by atoms with E-state index in [0.29, 0.717) is 11.3 Å². The SMILES string of the molecule is Cn1cc(NC(=O)c2cc(NC(=O)c3nc(N(C(=O)c4ccccc4)N(CCCl)CCCl)cn3C)nn2C)cc1C(=O)Nc1cc(C(=O)NCCC(=N)N)n(C)n1. The number of anilines is 4.